The van der Waals surface area contributed by atoms with Crippen LogP contribution in [0, 0.1) is 17.0 Å². The maximum atomic E-state index is 13.3. The van der Waals surface area contributed by atoms with Crippen LogP contribution in [0.2, 0.25) is 0 Å². The molecule has 1 aliphatic heterocycles. The molecule has 0 spiro atoms. The fourth-order valence-electron chi connectivity index (χ4n) is 2.67. The van der Waals surface area contributed by atoms with E-state index < -0.39 is 17.0 Å². The van der Waals surface area contributed by atoms with E-state index in [0.29, 0.717) is 6.54 Å². The summed E-state index contributed by atoms with van der Waals surface area (Å²) in [4.78, 5) is 14.2. The fraction of sp³-hybridized carbons (Fsp3) is 0.562. The van der Waals surface area contributed by atoms with Crippen molar-refractivity contribution in [1.82, 2.24) is 4.90 Å². The Balaban J connectivity index is 2.14. The van der Waals surface area contributed by atoms with Crippen molar-refractivity contribution in [3.8, 4) is 0 Å². The Morgan fingerprint density at radius 1 is 1.25 bits per heavy atom. The minimum Gasteiger partial charge on any atom is -0.342 e. The summed E-state index contributed by atoms with van der Waals surface area (Å²) in [6.45, 7) is 7.03. The van der Waals surface area contributed by atoms with Crippen LogP contribution in [0.25, 0.3) is 0 Å². The number of halogens is 2. The second-order valence-electron chi connectivity index (χ2n) is 6.51. The second kappa shape index (κ2) is 5.51. The molecule has 0 saturated carbocycles. The first kappa shape index (κ1) is 14.9. The number of nitrogens with zero attached hydrogens (tertiary/aromatic N) is 1. The summed E-state index contributed by atoms with van der Waals surface area (Å²) >= 11 is 0. The van der Waals surface area contributed by atoms with Crippen molar-refractivity contribution in [1.29, 1.82) is 0 Å². The number of hydrogen-bond donors (Lipinski definition) is 0. The molecule has 1 heterocycles. The first-order valence-electron chi connectivity index (χ1n) is 7.03. The zero-order valence-electron chi connectivity index (χ0n) is 12.2. The number of amides is 1. The number of hydrogen-bond acceptors (Lipinski definition) is 1. The molecule has 4 heteroatoms. The van der Waals surface area contributed by atoms with Crippen molar-refractivity contribution in [2.75, 3.05) is 13.1 Å². The molecule has 2 nitrogen and oxygen atoms in total. The summed E-state index contributed by atoms with van der Waals surface area (Å²) in [7, 11) is 0. The van der Waals surface area contributed by atoms with Gasteiger partial charge in [-0.15, -0.1) is 0 Å². The Hall–Kier alpha value is -1.45. The van der Waals surface area contributed by atoms with Gasteiger partial charge in [0.2, 0.25) is 5.91 Å². The third kappa shape index (κ3) is 3.17. The van der Waals surface area contributed by atoms with Crippen molar-refractivity contribution >= 4 is 5.91 Å². The van der Waals surface area contributed by atoms with E-state index in [4.69, 9.17) is 0 Å². The number of piperidine rings is 1. The van der Waals surface area contributed by atoms with Gasteiger partial charge in [0, 0.05) is 24.4 Å². The number of rotatable bonds is 1. The normalized spacial score (nSPS) is 20.1. The quantitative estimate of drug-likeness (QED) is 0.768. The van der Waals surface area contributed by atoms with Gasteiger partial charge in [-0.25, -0.2) is 8.78 Å². The Bertz CT molecular complexity index is 508. The highest BCUT2D eigenvalue weighted by Gasteiger charge is 2.31. The third-order valence-corrected chi connectivity index (χ3v) is 3.77. The van der Waals surface area contributed by atoms with Crippen LogP contribution in [0.15, 0.2) is 18.2 Å². The van der Waals surface area contributed by atoms with E-state index in [2.05, 4.69) is 0 Å². The molecule has 1 aromatic rings. The molecular weight excluding hydrogens is 260 g/mol. The molecule has 20 heavy (non-hydrogen) atoms. The van der Waals surface area contributed by atoms with Crippen LogP contribution in [0.5, 0.6) is 0 Å². The highest BCUT2D eigenvalue weighted by Crippen LogP contribution is 2.30. The van der Waals surface area contributed by atoms with Crippen molar-refractivity contribution in [2.45, 2.75) is 39.5 Å². The molecule has 0 aliphatic carbocycles. The molecule has 110 valence electrons. The second-order valence-corrected chi connectivity index (χ2v) is 6.51. The van der Waals surface area contributed by atoms with Crippen LogP contribution >= 0.6 is 0 Å². The van der Waals surface area contributed by atoms with Crippen LogP contribution in [-0.4, -0.2) is 23.9 Å². The predicted octanol–water partition coefficient (Wildman–Crippen LogP) is 3.72. The van der Waals surface area contributed by atoms with Crippen LogP contribution in [0.3, 0.4) is 0 Å². The lowest BCUT2D eigenvalue weighted by atomic mass is 9.88. The van der Waals surface area contributed by atoms with Crippen LogP contribution < -0.4 is 0 Å². The van der Waals surface area contributed by atoms with E-state index in [1.807, 2.05) is 25.7 Å². The lowest BCUT2D eigenvalue weighted by Crippen LogP contribution is -2.44. The van der Waals surface area contributed by atoms with E-state index in [0.717, 1.165) is 31.0 Å². The molecule has 1 unspecified atom stereocenters. The van der Waals surface area contributed by atoms with Crippen LogP contribution in [0.1, 0.15) is 45.1 Å². The Morgan fingerprint density at radius 3 is 2.55 bits per heavy atom. The molecule has 1 atom stereocenters. The summed E-state index contributed by atoms with van der Waals surface area (Å²) in [5.74, 6) is -1.44. The molecule has 1 amide bonds. The van der Waals surface area contributed by atoms with Gasteiger partial charge in [0.1, 0.15) is 0 Å². The highest BCUT2D eigenvalue weighted by atomic mass is 19.2. The van der Waals surface area contributed by atoms with E-state index >= 15 is 0 Å². The first-order valence-corrected chi connectivity index (χ1v) is 7.03. The Labute approximate surface area is 118 Å². The molecule has 1 aromatic carbocycles. The van der Waals surface area contributed by atoms with Gasteiger partial charge < -0.3 is 4.90 Å². The van der Waals surface area contributed by atoms with Gasteiger partial charge >= 0.3 is 0 Å². The third-order valence-electron chi connectivity index (χ3n) is 3.77. The minimum absolute atomic E-state index is 0.0881. The highest BCUT2D eigenvalue weighted by molar-refractivity contribution is 5.81. The fourth-order valence-corrected chi connectivity index (χ4v) is 2.67. The number of carbonyl (C=O) groups excluding carboxylic acids is 1. The largest absolute Gasteiger partial charge is 0.342 e. The zero-order chi connectivity index (χ0) is 14.9. The molecular formula is C16H21F2NO. The lowest BCUT2D eigenvalue weighted by molar-refractivity contribution is -0.140. The number of benzene rings is 1. The maximum Gasteiger partial charge on any atom is 0.227 e. The monoisotopic (exact) mass is 281 g/mol. The van der Waals surface area contributed by atoms with Gasteiger partial charge in [0.25, 0.3) is 0 Å². The van der Waals surface area contributed by atoms with Crippen molar-refractivity contribution in [3.05, 3.63) is 35.4 Å². The van der Waals surface area contributed by atoms with Gasteiger partial charge in [-0.2, -0.15) is 0 Å². The van der Waals surface area contributed by atoms with E-state index in [1.54, 1.807) is 6.07 Å². The predicted molar refractivity (Wildman–Crippen MR) is 74.4 cm³/mol. The van der Waals surface area contributed by atoms with E-state index in [1.165, 1.54) is 6.07 Å². The molecule has 0 aromatic heterocycles. The molecule has 0 N–H and O–H groups in total. The molecule has 1 aliphatic rings. The molecule has 0 bridgehead atoms. The lowest BCUT2D eigenvalue weighted by Gasteiger charge is -2.36. The number of likely N-dealkylation sites (tertiary alicyclic amines) is 1. The molecule has 0 radical (unpaired) electrons. The van der Waals surface area contributed by atoms with Crippen molar-refractivity contribution in [2.24, 2.45) is 5.41 Å². The summed E-state index contributed by atoms with van der Waals surface area (Å²) in [5, 5.41) is 0. The van der Waals surface area contributed by atoms with Gasteiger partial charge in [0.05, 0.1) is 0 Å². The van der Waals surface area contributed by atoms with Gasteiger partial charge in [-0.1, -0.05) is 26.8 Å². The summed E-state index contributed by atoms with van der Waals surface area (Å²) in [6.07, 6.45) is 1.80. The smallest absolute Gasteiger partial charge is 0.227 e. The van der Waals surface area contributed by atoms with Crippen molar-refractivity contribution in [3.63, 3.8) is 0 Å². The minimum atomic E-state index is -0.827. The number of carbonyl (C=O) groups is 1. The Morgan fingerprint density at radius 2 is 1.95 bits per heavy atom. The van der Waals surface area contributed by atoms with E-state index in [-0.39, 0.29) is 11.8 Å². The topological polar surface area (TPSA) is 20.3 Å². The zero-order valence-corrected chi connectivity index (χ0v) is 12.2. The summed E-state index contributed by atoms with van der Waals surface area (Å²) < 4.78 is 26.3. The SMILES string of the molecule is CC(C)(C)C(=O)N1CCCC(c2ccc(F)c(F)c2)C1. The molecule has 1 saturated heterocycles. The summed E-state index contributed by atoms with van der Waals surface area (Å²) in [6, 6.07) is 4.04. The van der Waals surface area contributed by atoms with Crippen LogP contribution in [0.4, 0.5) is 8.78 Å². The summed E-state index contributed by atoms with van der Waals surface area (Å²) in [5.41, 5.74) is 0.367. The van der Waals surface area contributed by atoms with Gasteiger partial charge in [-0.05, 0) is 30.5 Å². The van der Waals surface area contributed by atoms with Crippen LogP contribution in [-0.2, 0) is 4.79 Å². The molecule has 1 fully saturated rings. The van der Waals surface area contributed by atoms with Gasteiger partial charge in [0.15, 0.2) is 11.6 Å². The van der Waals surface area contributed by atoms with E-state index in [9.17, 15) is 13.6 Å². The maximum absolute atomic E-state index is 13.3. The average molecular weight is 281 g/mol. The van der Waals surface area contributed by atoms with Gasteiger partial charge in [-0.3, -0.25) is 4.79 Å². The Kier molecular flexibility index (Phi) is 4.11. The molecule has 2 rings (SSSR count). The standard InChI is InChI=1S/C16H21F2NO/c1-16(2,3)15(20)19-8-4-5-12(10-19)11-6-7-13(17)14(18)9-11/h6-7,9,12H,4-5,8,10H2,1-3H3. The first-order chi connectivity index (χ1) is 9.29. The average Bonchev–Trinajstić information content (AvgIpc) is 2.40. The van der Waals surface area contributed by atoms with Crippen molar-refractivity contribution < 1.29 is 13.6 Å².